The van der Waals surface area contributed by atoms with Crippen molar-refractivity contribution in [2.45, 2.75) is 0 Å². The average Bonchev–Trinajstić information content (AvgIpc) is 1.19. The van der Waals surface area contributed by atoms with Crippen LogP contribution in [0.2, 0.25) is 0 Å². The number of hydrogen-bond acceptors (Lipinski definition) is 3. The van der Waals surface area contributed by atoms with Crippen molar-refractivity contribution >= 4 is 22.3 Å². The molecule has 0 saturated heterocycles. The summed E-state index contributed by atoms with van der Waals surface area (Å²) in [4.78, 5) is 22.9. The zero-order chi connectivity index (χ0) is 8.08. The van der Waals surface area contributed by atoms with E-state index in [-0.39, 0.29) is 29.6 Å². The van der Waals surface area contributed by atoms with E-state index in [1.807, 2.05) is 0 Å². The molecule has 0 amide bonds. The van der Waals surface area contributed by atoms with Crippen LogP contribution in [0.1, 0.15) is 0 Å². The smallest absolute Gasteiger partial charge is 1.00 e. The number of rotatable bonds is 0. The van der Waals surface area contributed by atoms with Gasteiger partial charge in [0, 0.05) is 0 Å². The summed E-state index contributed by atoms with van der Waals surface area (Å²) in [6.45, 7) is 0. The van der Waals surface area contributed by atoms with Gasteiger partial charge in [0.2, 0.25) is 0 Å². The summed E-state index contributed by atoms with van der Waals surface area (Å²) >= 11 is -3.29. The van der Waals surface area contributed by atoms with E-state index in [0.29, 0.717) is 0 Å². The Hall–Kier alpha value is 1.35. The first-order valence-corrected chi connectivity index (χ1v) is 5.06. The molecule has 4 N–H and O–H groups in total. The van der Waals surface area contributed by atoms with Crippen LogP contribution in [0, 0.1) is 0 Å². The Morgan fingerprint density at radius 3 is 1.30 bits per heavy atom. The van der Waals surface area contributed by atoms with Gasteiger partial charge in [-0.05, 0) is 0 Å². The van der Waals surface area contributed by atoms with E-state index in [4.69, 9.17) is 31.5 Å². The van der Waals surface area contributed by atoms with Crippen LogP contribution in [0.15, 0.2) is 0 Å². The Balaban J connectivity index is -0.0000000910. The molecular weight excluding hydrogens is 245 g/mol. The van der Waals surface area contributed by atoms with Gasteiger partial charge in [-0.15, -0.1) is 0 Å². The van der Waals surface area contributed by atoms with E-state index in [0.717, 1.165) is 0 Å². The summed E-state index contributed by atoms with van der Waals surface area (Å²) < 4.78 is 31.9. The summed E-state index contributed by atoms with van der Waals surface area (Å²) in [6, 6.07) is 0. The average molecular weight is 249 g/mol. The van der Waals surface area contributed by atoms with Crippen molar-refractivity contribution in [2.75, 3.05) is 0 Å². The molecular formula is H4NaO7PSe. The molecule has 10 heteroatoms. The van der Waals surface area contributed by atoms with Gasteiger partial charge in [0.1, 0.15) is 0 Å². The van der Waals surface area contributed by atoms with Crippen molar-refractivity contribution in [3.05, 3.63) is 0 Å². The van der Waals surface area contributed by atoms with Gasteiger partial charge in [-0.1, -0.05) is 0 Å². The van der Waals surface area contributed by atoms with Gasteiger partial charge in [-0.3, -0.25) is 4.57 Å². The zero-order valence-corrected chi connectivity index (χ0v) is 9.48. The molecule has 0 aromatic heterocycles. The first-order valence-electron chi connectivity index (χ1n) is 1.30. The van der Waals surface area contributed by atoms with E-state index in [1.54, 1.807) is 0 Å². The maximum Gasteiger partial charge on any atom is 1.00 e. The van der Waals surface area contributed by atoms with Gasteiger partial charge >= 0.3 is 56.3 Å². The number of hydrogen-bond donors (Lipinski definition) is 4. The maximum atomic E-state index is 8.77. The molecule has 0 radical (unpaired) electrons. The minimum atomic E-state index is -4.89. The van der Waals surface area contributed by atoms with Gasteiger partial charge in [-0.2, -0.15) is 0 Å². The molecule has 0 aliphatic carbocycles. The minimum absolute atomic E-state index is 0. The predicted octanol–water partition coefficient (Wildman–Crippen LogP) is -6.17. The Bertz CT molecular complexity index is 113. The van der Waals surface area contributed by atoms with E-state index < -0.39 is 22.3 Å². The normalized spacial score (nSPS) is 9.40. The molecule has 0 aromatic carbocycles. The van der Waals surface area contributed by atoms with Crippen LogP contribution in [-0.2, 0) is 8.40 Å². The molecule has 0 fully saturated rings. The van der Waals surface area contributed by atoms with E-state index in [1.165, 1.54) is 0 Å². The summed E-state index contributed by atoms with van der Waals surface area (Å²) in [6.07, 6.45) is 0. The molecule has 0 heterocycles. The Labute approximate surface area is 83.0 Å². The van der Waals surface area contributed by atoms with Gasteiger partial charge in [0.15, 0.2) is 0 Å². The third-order valence-electron chi connectivity index (χ3n) is 0. The van der Waals surface area contributed by atoms with Crippen molar-refractivity contribution in [1.82, 2.24) is 0 Å². The van der Waals surface area contributed by atoms with Crippen molar-refractivity contribution in [3.63, 3.8) is 0 Å². The second-order valence-corrected chi connectivity index (χ2v) is 2.67. The standard InChI is InChI=1S/Na.H3O4P.H2O3Se/c;1-5(2,3)4;1-4(2)3/h;(H3,1,2,3,4);(H2,1,2,3)/q+1;;/p-1. The van der Waals surface area contributed by atoms with Gasteiger partial charge in [0.25, 0.3) is 7.82 Å². The van der Waals surface area contributed by atoms with Crippen LogP contribution in [0.3, 0.4) is 0 Å². The van der Waals surface area contributed by atoms with Gasteiger partial charge in [0.05, 0.1) is 0 Å². The largest absolute Gasteiger partial charge is 1.00 e. The van der Waals surface area contributed by atoms with E-state index in [2.05, 4.69) is 0 Å². The quantitative estimate of drug-likeness (QED) is 0.247. The first-order chi connectivity index (χ1) is 3.73. The molecule has 0 spiro atoms. The monoisotopic (exact) mass is 250 g/mol. The Kier molecular flexibility index (Phi) is 14.7. The van der Waals surface area contributed by atoms with Crippen LogP contribution in [0.4, 0.5) is 0 Å². The molecule has 10 heavy (non-hydrogen) atoms. The van der Waals surface area contributed by atoms with Crippen molar-refractivity contribution in [1.29, 1.82) is 0 Å². The number of phosphoric acid groups is 1. The second-order valence-electron chi connectivity index (χ2n) is 0.721. The molecule has 0 bridgehead atoms. The SMILES string of the molecule is O=P([O-])(O)O.O=[Se](O)O.[Na+]. The predicted molar refractivity (Wildman–Crippen MR) is 22.9 cm³/mol. The van der Waals surface area contributed by atoms with Crippen LogP contribution in [0.5, 0.6) is 0 Å². The van der Waals surface area contributed by atoms with Gasteiger partial charge in [-0.25, -0.2) is 0 Å². The van der Waals surface area contributed by atoms with Crippen LogP contribution < -0.4 is 34.5 Å². The minimum Gasteiger partial charge on any atom is 1.00 e. The van der Waals surface area contributed by atoms with Crippen LogP contribution in [0.25, 0.3) is 0 Å². The molecule has 58 valence electrons. The Morgan fingerprint density at radius 1 is 1.30 bits per heavy atom. The molecule has 7 nitrogen and oxygen atoms in total. The fraction of sp³-hybridized carbons (Fsp3) is 0. The topological polar surface area (TPSA) is 138 Å². The molecule has 0 aromatic rings. The second kappa shape index (κ2) is 8.45. The fourth-order valence-electron chi connectivity index (χ4n) is 0. The first kappa shape index (κ1) is 17.4. The summed E-state index contributed by atoms with van der Waals surface area (Å²) in [5, 5.41) is 0. The molecule has 0 rings (SSSR count). The van der Waals surface area contributed by atoms with E-state index in [9.17, 15) is 0 Å². The fourth-order valence-corrected chi connectivity index (χ4v) is 0. The Morgan fingerprint density at radius 2 is 1.30 bits per heavy atom. The summed E-state index contributed by atoms with van der Waals surface area (Å²) in [7, 11) is -4.89. The zero-order valence-electron chi connectivity index (χ0n) is 4.87. The molecule has 0 aliphatic heterocycles. The molecule has 0 atom stereocenters. The summed E-state index contributed by atoms with van der Waals surface area (Å²) in [5.41, 5.74) is 0. The van der Waals surface area contributed by atoms with E-state index >= 15 is 0 Å². The van der Waals surface area contributed by atoms with Crippen molar-refractivity contribution in [2.24, 2.45) is 0 Å². The molecule has 0 unspecified atom stereocenters. The van der Waals surface area contributed by atoms with Crippen molar-refractivity contribution < 1.29 is 61.0 Å². The summed E-state index contributed by atoms with van der Waals surface area (Å²) in [5.74, 6) is 0. The molecule has 0 aliphatic rings. The maximum absolute atomic E-state index is 8.77. The third kappa shape index (κ3) is 358. The molecule has 0 saturated carbocycles. The van der Waals surface area contributed by atoms with Gasteiger partial charge < -0.3 is 14.7 Å². The van der Waals surface area contributed by atoms with Crippen LogP contribution >= 0.6 is 7.82 Å². The van der Waals surface area contributed by atoms with Crippen molar-refractivity contribution in [3.8, 4) is 0 Å². The third-order valence-corrected chi connectivity index (χ3v) is 0. The van der Waals surface area contributed by atoms with Crippen LogP contribution in [-0.4, -0.2) is 32.7 Å².